The van der Waals surface area contributed by atoms with E-state index >= 15 is 0 Å². The van der Waals surface area contributed by atoms with Crippen LogP contribution in [0, 0.1) is 0 Å². The Kier molecular flexibility index (Phi) is 9.66. The number of hydrogen-bond donors (Lipinski definition) is 0. The number of ether oxygens (including phenoxy) is 5. The maximum Gasteiger partial charge on any atom is 0.343 e. The minimum Gasteiger partial charge on any atom is -0.496 e. The van der Waals surface area contributed by atoms with Crippen LogP contribution in [0.4, 0.5) is 0 Å². The van der Waals surface area contributed by atoms with E-state index in [1.807, 2.05) is 19.1 Å². The molecular weight excluding hydrogens is 616 g/mol. The molecule has 3 aromatic rings. The lowest BCUT2D eigenvalue weighted by Crippen LogP contribution is -2.40. The van der Waals surface area contributed by atoms with Crippen LogP contribution in [0.3, 0.4) is 0 Å². The molecule has 2 aromatic carbocycles. The maximum absolute atomic E-state index is 14.0. The molecule has 0 amide bonds. The number of esters is 2. The minimum absolute atomic E-state index is 0.153. The molecule has 0 N–H and O–H groups in total. The lowest BCUT2D eigenvalue weighted by Gasteiger charge is -2.25. The number of aromatic nitrogens is 1. The molecule has 216 valence electrons. The van der Waals surface area contributed by atoms with Crippen molar-refractivity contribution in [2.75, 3.05) is 34.0 Å². The lowest BCUT2D eigenvalue weighted by molar-refractivity contribution is -0.143. The molecule has 2 heterocycles. The van der Waals surface area contributed by atoms with Crippen molar-refractivity contribution in [2.24, 2.45) is 4.99 Å². The Morgan fingerprint density at radius 3 is 2.49 bits per heavy atom. The van der Waals surface area contributed by atoms with Gasteiger partial charge in [0.1, 0.15) is 5.75 Å². The van der Waals surface area contributed by atoms with Crippen LogP contribution in [0.25, 0.3) is 6.08 Å². The molecule has 1 atom stereocenters. The van der Waals surface area contributed by atoms with Crippen LogP contribution in [0.2, 0.25) is 0 Å². The number of carbonyl (C=O) groups excluding carboxylic acids is 2. The Morgan fingerprint density at radius 1 is 1.05 bits per heavy atom. The molecule has 0 aliphatic carbocycles. The summed E-state index contributed by atoms with van der Waals surface area (Å²) in [6.45, 7) is 5.39. The molecule has 4 rings (SSSR count). The van der Waals surface area contributed by atoms with Gasteiger partial charge in [-0.05, 0) is 62.7 Å². The first-order valence-corrected chi connectivity index (χ1v) is 14.3. The molecule has 12 heteroatoms. The van der Waals surface area contributed by atoms with Crippen molar-refractivity contribution < 1.29 is 33.3 Å². The molecule has 0 unspecified atom stereocenters. The fourth-order valence-electron chi connectivity index (χ4n) is 4.34. The summed E-state index contributed by atoms with van der Waals surface area (Å²) in [5, 5.41) is 0. The summed E-state index contributed by atoms with van der Waals surface area (Å²) in [5.41, 5.74) is 1.61. The van der Waals surface area contributed by atoms with Gasteiger partial charge in [0.2, 0.25) is 0 Å². The normalized spacial score (nSPS) is 14.7. The van der Waals surface area contributed by atoms with E-state index in [1.165, 1.54) is 23.0 Å². The monoisotopic (exact) mass is 644 g/mol. The first-order chi connectivity index (χ1) is 19.7. The van der Waals surface area contributed by atoms with E-state index < -0.39 is 18.0 Å². The highest BCUT2D eigenvalue weighted by Gasteiger charge is 2.34. The average molecular weight is 646 g/mol. The van der Waals surface area contributed by atoms with Crippen molar-refractivity contribution in [3.63, 3.8) is 0 Å². The van der Waals surface area contributed by atoms with Crippen molar-refractivity contribution in [3.05, 3.63) is 83.0 Å². The van der Waals surface area contributed by atoms with E-state index in [2.05, 4.69) is 25.7 Å². The number of halogens is 1. The van der Waals surface area contributed by atoms with Gasteiger partial charge in [0.05, 0.1) is 49.3 Å². The molecule has 0 bridgehead atoms. The Balaban J connectivity index is 1.92. The van der Waals surface area contributed by atoms with Crippen molar-refractivity contribution in [3.8, 4) is 17.2 Å². The fourth-order valence-corrected chi connectivity index (χ4v) is 5.76. The highest BCUT2D eigenvalue weighted by molar-refractivity contribution is 9.10. The first kappa shape index (κ1) is 30.1. The second-order valence-electron chi connectivity index (χ2n) is 8.69. The highest BCUT2D eigenvalue weighted by Crippen LogP contribution is 2.36. The zero-order valence-corrected chi connectivity index (χ0v) is 25.6. The topological polar surface area (TPSA) is 115 Å². The number of allylic oxidation sites excluding steroid dienone is 1. The van der Waals surface area contributed by atoms with Crippen molar-refractivity contribution in [2.45, 2.75) is 26.8 Å². The molecule has 1 aliphatic rings. The van der Waals surface area contributed by atoms with Crippen LogP contribution in [-0.2, 0) is 19.1 Å². The quantitative estimate of drug-likeness (QED) is 0.308. The van der Waals surface area contributed by atoms with Crippen molar-refractivity contribution >= 4 is 45.3 Å². The van der Waals surface area contributed by atoms with Gasteiger partial charge in [-0.15, -0.1) is 0 Å². The average Bonchev–Trinajstić information content (AvgIpc) is 3.25. The van der Waals surface area contributed by atoms with Crippen LogP contribution in [0.15, 0.2) is 61.9 Å². The predicted octanol–water partition coefficient (Wildman–Crippen LogP) is 3.52. The summed E-state index contributed by atoms with van der Waals surface area (Å²) >= 11 is 4.68. The first-order valence-electron chi connectivity index (χ1n) is 12.7. The third kappa shape index (κ3) is 6.38. The van der Waals surface area contributed by atoms with Gasteiger partial charge < -0.3 is 23.7 Å². The van der Waals surface area contributed by atoms with Gasteiger partial charge in [-0.3, -0.25) is 9.36 Å². The number of rotatable bonds is 10. The Morgan fingerprint density at radius 2 is 1.80 bits per heavy atom. The van der Waals surface area contributed by atoms with E-state index in [1.54, 1.807) is 51.3 Å². The minimum atomic E-state index is -0.856. The largest absolute Gasteiger partial charge is 0.496 e. The number of benzene rings is 2. The zero-order chi connectivity index (χ0) is 29.7. The molecule has 0 saturated heterocycles. The number of thiazole rings is 1. The Bertz CT molecular complexity index is 1690. The maximum atomic E-state index is 14.0. The summed E-state index contributed by atoms with van der Waals surface area (Å²) in [7, 11) is 2.83. The van der Waals surface area contributed by atoms with Gasteiger partial charge in [-0.1, -0.05) is 33.3 Å². The van der Waals surface area contributed by atoms with Crippen LogP contribution in [-0.4, -0.2) is 50.5 Å². The van der Waals surface area contributed by atoms with E-state index in [0.29, 0.717) is 50.0 Å². The van der Waals surface area contributed by atoms with Gasteiger partial charge in [0.25, 0.3) is 5.56 Å². The standard InChI is InChI=1S/C29H29BrN2O8S/c1-6-38-22-13-17(8-10-21(22)40-15-24(33)37-5)26-25(28(35)39-7-2)16(3)31-29-32(26)27(34)23(41-29)14-18-12-19(30)9-11-20(18)36-4/h8-14,26H,6-7,15H2,1-5H3/b23-14+/t26-/m1/s1. The molecular formula is C29H29BrN2O8S. The molecule has 0 spiro atoms. The molecule has 0 fully saturated rings. The Labute approximate surface area is 248 Å². The molecule has 0 saturated carbocycles. The molecule has 10 nitrogen and oxygen atoms in total. The van der Waals surface area contributed by atoms with Gasteiger partial charge in [0, 0.05) is 10.0 Å². The third-order valence-electron chi connectivity index (χ3n) is 6.15. The second kappa shape index (κ2) is 13.2. The van der Waals surface area contributed by atoms with Crippen molar-refractivity contribution in [1.29, 1.82) is 0 Å². The van der Waals surface area contributed by atoms with Crippen LogP contribution >= 0.6 is 27.3 Å². The number of nitrogens with zero attached hydrogens (tertiary/aromatic N) is 2. The van der Waals surface area contributed by atoms with E-state index in [-0.39, 0.29) is 24.3 Å². The summed E-state index contributed by atoms with van der Waals surface area (Å²) < 4.78 is 29.6. The van der Waals surface area contributed by atoms with E-state index in [0.717, 1.165) is 4.47 Å². The molecule has 41 heavy (non-hydrogen) atoms. The lowest BCUT2D eigenvalue weighted by atomic mass is 9.95. The number of methoxy groups -OCH3 is 2. The molecule has 1 aromatic heterocycles. The fraction of sp³-hybridized carbons (Fsp3) is 0.310. The van der Waals surface area contributed by atoms with Gasteiger partial charge >= 0.3 is 11.9 Å². The Hall–Kier alpha value is -3.90. The number of carbonyl (C=O) groups is 2. The van der Waals surface area contributed by atoms with Gasteiger partial charge in [0.15, 0.2) is 22.9 Å². The molecule has 0 radical (unpaired) electrons. The predicted molar refractivity (Wildman–Crippen MR) is 156 cm³/mol. The number of hydrogen-bond acceptors (Lipinski definition) is 10. The second-order valence-corrected chi connectivity index (χ2v) is 10.6. The van der Waals surface area contributed by atoms with Crippen molar-refractivity contribution in [1.82, 2.24) is 4.57 Å². The summed E-state index contributed by atoms with van der Waals surface area (Å²) in [4.78, 5) is 43.9. The van der Waals surface area contributed by atoms with Crippen LogP contribution < -0.4 is 29.1 Å². The van der Waals surface area contributed by atoms with Crippen LogP contribution in [0.1, 0.15) is 37.9 Å². The third-order valence-corrected chi connectivity index (χ3v) is 7.63. The van der Waals surface area contributed by atoms with Gasteiger partial charge in [-0.25, -0.2) is 14.6 Å². The zero-order valence-electron chi connectivity index (χ0n) is 23.2. The number of fused-ring (bicyclic) bond motifs is 1. The highest BCUT2D eigenvalue weighted by atomic mass is 79.9. The summed E-state index contributed by atoms with van der Waals surface area (Å²) in [6, 6.07) is 9.68. The summed E-state index contributed by atoms with van der Waals surface area (Å²) in [6.07, 6.45) is 1.74. The van der Waals surface area contributed by atoms with Gasteiger partial charge in [-0.2, -0.15) is 0 Å². The smallest absolute Gasteiger partial charge is 0.343 e. The van der Waals surface area contributed by atoms with E-state index in [4.69, 9.17) is 18.9 Å². The van der Waals surface area contributed by atoms with Crippen LogP contribution in [0.5, 0.6) is 17.2 Å². The SMILES string of the molecule is CCOC(=O)C1=C(C)N=c2s/c(=C/c3cc(Br)ccc3OC)c(=O)n2[C@@H]1c1ccc(OCC(=O)OC)c(OCC)c1. The molecule has 1 aliphatic heterocycles. The van der Waals surface area contributed by atoms with E-state index in [9.17, 15) is 14.4 Å². The summed E-state index contributed by atoms with van der Waals surface area (Å²) in [5.74, 6) is 0.128.